The Morgan fingerprint density at radius 1 is 1.41 bits per heavy atom. The molecule has 0 saturated heterocycles. The van der Waals surface area contributed by atoms with E-state index in [1.54, 1.807) is 0 Å². The maximum atomic E-state index is 4.49. The summed E-state index contributed by atoms with van der Waals surface area (Å²) in [6.07, 6.45) is 9.94. The van der Waals surface area contributed by atoms with Crippen LogP contribution >= 0.6 is 0 Å². The maximum Gasteiger partial charge on any atom is 0.0602 e. The van der Waals surface area contributed by atoms with Crippen molar-refractivity contribution in [1.29, 1.82) is 0 Å². The van der Waals surface area contributed by atoms with Crippen molar-refractivity contribution in [2.75, 3.05) is 7.05 Å². The molecule has 0 aromatic carbocycles. The predicted molar refractivity (Wildman–Crippen MR) is 74.1 cm³/mol. The lowest BCUT2D eigenvalue weighted by Crippen LogP contribution is -2.18. The maximum absolute atomic E-state index is 4.49. The third-order valence-corrected chi connectivity index (χ3v) is 3.13. The summed E-state index contributed by atoms with van der Waals surface area (Å²) in [7, 11) is 2.02. The van der Waals surface area contributed by atoms with Crippen molar-refractivity contribution in [3.63, 3.8) is 0 Å². The van der Waals surface area contributed by atoms with Gasteiger partial charge in [-0.15, -0.1) is 6.58 Å². The van der Waals surface area contributed by atoms with Crippen LogP contribution in [0.25, 0.3) is 0 Å². The number of hydrogen-bond donors (Lipinski definition) is 1. The van der Waals surface area contributed by atoms with Gasteiger partial charge in [-0.2, -0.15) is 0 Å². The van der Waals surface area contributed by atoms with Gasteiger partial charge in [0, 0.05) is 12.2 Å². The molecule has 0 saturated carbocycles. The van der Waals surface area contributed by atoms with Crippen LogP contribution in [0.3, 0.4) is 0 Å². The molecule has 0 radical (unpaired) electrons. The second-order valence-electron chi connectivity index (χ2n) is 4.47. The van der Waals surface area contributed by atoms with E-state index in [0.29, 0.717) is 6.04 Å². The zero-order valence-electron chi connectivity index (χ0n) is 11.1. The first kappa shape index (κ1) is 13.9. The molecular formula is C15H24N2. The van der Waals surface area contributed by atoms with E-state index in [9.17, 15) is 0 Å². The van der Waals surface area contributed by atoms with Gasteiger partial charge < -0.3 is 5.32 Å². The molecule has 0 aliphatic carbocycles. The summed E-state index contributed by atoms with van der Waals surface area (Å²) in [6, 6.07) is 4.51. The highest BCUT2D eigenvalue weighted by molar-refractivity contribution is 5.20. The van der Waals surface area contributed by atoms with E-state index in [1.807, 2.05) is 25.4 Å². The van der Waals surface area contributed by atoms with Crippen molar-refractivity contribution >= 4 is 0 Å². The highest BCUT2D eigenvalue weighted by Crippen LogP contribution is 2.20. The molecule has 1 rings (SSSR count). The minimum atomic E-state index is 0.389. The molecule has 17 heavy (non-hydrogen) atoms. The fraction of sp³-hybridized carbons (Fsp3) is 0.533. The molecule has 1 heterocycles. The summed E-state index contributed by atoms with van der Waals surface area (Å²) in [5.41, 5.74) is 2.47. The lowest BCUT2D eigenvalue weighted by atomic mass is 10.0. The van der Waals surface area contributed by atoms with Gasteiger partial charge in [-0.3, -0.25) is 4.98 Å². The molecule has 0 spiro atoms. The highest BCUT2D eigenvalue weighted by Gasteiger charge is 2.11. The van der Waals surface area contributed by atoms with Crippen LogP contribution in [0.2, 0.25) is 0 Å². The Balaban J connectivity index is 2.43. The van der Waals surface area contributed by atoms with Gasteiger partial charge in [-0.05, 0) is 44.9 Å². The van der Waals surface area contributed by atoms with Crippen molar-refractivity contribution in [2.45, 2.75) is 45.1 Å². The summed E-state index contributed by atoms with van der Waals surface area (Å²) in [4.78, 5) is 4.49. The number of aromatic nitrogens is 1. The Kier molecular flexibility index (Phi) is 6.56. The van der Waals surface area contributed by atoms with Gasteiger partial charge in [0.15, 0.2) is 0 Å². The molecule has 1 atom stereocenters. The van der Waals surface area contributed by atoms with Crippen LogP contribution in [0.5, 0.6) is 0 Å². The Labute approximate surface area is 105 Å². The molecular weight excluding hydrogens is 208 g/mol. The normalized spacial score (nSPS) is 12.4. The SMILES string of the molecule is C=CCCCCCC(NC)c1ncccc1C. The van der Waals surface area contributed by atoms with Crippen LogP contribution in [-0.4, -0.2) is 12.0 Å². The topological polar surface area (TPSA) is 24.9 Å². The van der Waals surface area contributed by atoms with Gasteiger partial charge >= 0.3 is 0 Å². The first-order chi connectivity index (χ1) is 8.29. The molecule has 1 unspecified atom stereocenters. The van der Waals surface area contributed by atoms with Gasteiger partial charge in [0.25, 0.3) is 0 Å². The molecule has 2 nitrogen and oxygen atoms in total. The number of aryl methyl sites for hydroxylation is 1. The van der Waals surface area contributed by atoms with Gasteiger partial charge in [0.05, 0.1) is 5.69 Å². The molecule has 1 N–H and O–H groups in total. The second kappa shape index (κ2) is 8.02. The monoisotopic (exact) mass is 232 g/mol. The van der Waals surface area contributed by atoms with Crippen LogP contribution in [0, 0.1) is 6.92 Å². The highest BCUT2D eigenvalue weighted by atomic mass is 14.9. The summed E-state index contributed by atoms with van der Waals surface area (Å²) in [6.45, 7) is 5.88. The number of allylic oxidation sites excluding steroid dienone is 1. The van der Waals surface area contributed by atoms with Gasteiger partial charge in [0.2, 0.25) is 0 Å². The number of unbranched alkanes of at least 4 members (excludes halogenated alkanes) is 3. The number of pyridine rings is 1. The molecule has 1 aromatic heterocycles. The minimum Gasteiger partial charge on any atom is -0.312 e. The van der Waals surface area contributed by atoms with E-state index in [1.165, 1.54) is 30.5 Å². The molecule has 0 aliphatic rings. The number of hydrogen-bond acceptors (Lipinski definition) is 2. The first-order valence-electron chi connectivity index (χ1n) is 6.49. The number of rotatable bonds is 8. The molecule has 0 fully saturated rings. The third-order valence-electron chi connectivity index (χ3n) is 3.13. The predicted octanol–water partition coefficient (Wildman–Crippen LogP) is 3.79. The second-order valence-corrected chi connectivity index (χ2v) is 4.47. The summed E-state index contributed by atoms with van der Waals surface area (Å²) in [5.74, 6) is 0. The summed E-state index contributed by atoms with van der Waals surface area (Å²) < 4.78 is 0. The molecule has 0 amide bonds. The largest absolute Gasteiger partial charge is 0.312 e. The molecule has 94 valence electrons. The van der Waals surface area contributed by atoms with Crippen LogP contribution in [0.4, 0.5) is 0 Å². The quantitative estimate of drug-likeness (QED) is 0.545. The van der Waals surface area contributed by atoms with Crippen LogP contribution in [-0.2, 0) is 0 Å². The fourth-order valence-corrected chi connectivity index (χ4v) is 2.09. The number of nitrogens with one attached hydrogen (secondary N) is 1. The summed E-state index contributed by atoms with van der Waals surface area (Å²) in [5, 5.41) is 3.37. The van der Waals surface area contributed by atoms with E-state index >= 15 is 0 Å². The van der Waals surface area contributed by atoms with Crippen molar-refractivity contribution in [3.05, 3.63) is 42.2 Å². The van der Waals surface area contributed by atoms with E-state index in [4.69, 9.17) is 0 Å². The van der Waals surface area contributed by atoms with Crippen LogP contribution in [0.15, 0.2) is 31.0 Å². The lowest BCUT2D eigenvalue weighted by Gasteiger charge is -2.17. The molecule has 0 bridgehead atoms. The molecule has 2 heteroatoms. The molecule has 1 aromatic rings. The van der Waals surface area contributed by atoms with E-state index in [0.717, 1.165) is 12.8 Å². The Morgan fingerprint density at radius 3 is 2.88 bits per heavy atom. The Bertz CT molecular complexity index is 333. The smallest absolute Gasteiger partial charge is 0.0602 e. The lowest BCUT2D eigenvalue weighted by molar-refractivity contribution is 0.496. The summed E-state index contributed by atoms with van der Waals surface area (Å²) >= 11 is 0. The molecule has 0 aliphatic heterocycles. The van der Waals surface area contributed by atoms with Crippen molar-refractivity contribution in [2.24, 2.45) is 0 Å². The van der Waals surface area contributed by atoms with E-state index < -0.39 is 0 Å². The average Bonchev–Trinajstić information content (AvgIpc) is 2.35. The fourth-order valence-electron chi connectivity index (χ4n) is 2.09. The standard InChI is InChI=1S/C15H24N2/c1-4-5-6-7-8-11-14(16-3)15-13(2)10-9-12-17-15/h4,9-10,12,14,16H,1,5-8,11H2,2-3H3. The van der Waals surface area contributed by atoms with E-state index in [-0.39, 0.29) is 0 Å². The Hall–Kier alpha value is -1.15. The average molecular weight is 232 g/mol. The van der Waals surface area contributed by atoms with Gasteiger partial charge in [-0.25, -0.2) is 0 Å². The zero-order chi connectivity index (χ0) is 12.5. The van der Waals surface area contributed by atoms with Crippen LogP contribution < -0.4 is 5.32 Å². The van der Waals surface area contributed by atoms with Crippen molar-refractivity contribution in [1.82, 2.24) is 10.3 Å². The van der Waals surface area contributed by atoms with Crippen LogP contribution in [0.1, 0.15) is 49.4 Å². The van der Waals surface area contributed by atoms with Crippen molar-refractivity contribution < 1.29 is 0 Å². The minimum absolute atomic E-state index is 0.389. The van der Waals surface area contributed by atoms with Crippen molar-refractivity contribution in [3.8, 4) is 0 Å². The Morgan fingerprint density at radius 2 is 2.24 bits per heavy atom. The van der Waals surface area contributed by atoms with E-state index in [2.05, 4.69) is 29.9 Å². The zero-order valence-corrected chi connectivity index (χ0v) is 11.1. The van der Waals surface area contributed by atoms with Gasteiger partial charge in [0.1, 0.15) is 0 Å². The van der Waals surface area contributed by atoms with Gasteiger partial charge in [-0.1, -0.05) is 25.0 Å². The third kappa shape index (κ3) is 4.70. The number of nitrogens with zero attached hydrogens (tertiary/aromatic N) is 1. The first-order valence-corrected chi connectivity index (χ1v) is 6.49.